The molecular weight excluding hydrogens is 208 g/mol. The average Bonchev–Trinajstić information content (AvgIpc) is 2.27. The molecule has 1 atom stereocenters. The predicted octanol–water partition coefficient (Wildman–Crippen LogP) is 3.07. The Kier molecular flexibility index (Phi) is 4.06. The van der Waals surface area contributed by atoms with Crippen LogP contribution in [0.2, 0.25) is 0 Å². The second-order valence-corrected chi connectivity index (χ2v) is 3.43. The summed E-state index contributed by atoms with van der Waals surface area (Å²) >= 11 is 0. The zero-order valence-electron chi connectivity index (χ0n) is 8.68. The summed E-state index contributed by atoms with van der Waals surface area (Å²) in [5.74, 6) is 0. The molecule has 0 saturated carbocycles. The molecule has 2 aromatic rings. The van der Waals surface area contributed by atoms with Gasteiger partial charge >= 0.3 is 0 Å². The van der Waals surface area contributed by atoms with Crippen LogP contribution in [-0.2, 0) is 0 Å². The number of aromatic nitrogens is 1. The maximum atomic E-state index is 6.03. The van der Waals surface area contributed by atoms with Gasteiger partial charge in [-0.15, -0.1) is 12.4 Å². The molecular formula is C12H15ClN2. The standard InChI is InChI=1S/C12H14N2.ClH/c1-2-11(13)9-7-8-14-12-6-4-3-5-10(9)12;/h3-8,11H,2,13H2,1H3;1H/t11-;/m1./s1. The molecule has 0 saturated heterocycles. The Morgan fingerprint density at radius 1 is 1.27 bits per heavy atom. The van der Waals surface area contributed by atoms with E-state index in [0.717, 1.165) is 11.9 Å². The Hall–Kier alpha value is -1.12. The molecule has 0 aliphatic rings. The highest BCUT2D eigenvalue weighted by atomic mass is 35.5. The van der Waals surface area contributed by atoms with Gasteiger partial charge in [0.15, 0.2) is 0 Å². The third-order valence-electron chi connectivity index (χ3n) is 2.52. The van der Waals surface area contributed by atoms with Crippen molar-refractivity contribution in [2.75, 3.05) is 0 Å². The molecule has 0 spiro atoms. The van der Waals surface area contributed by atoms with E-state index >= 15 is 0 Å². The van der Waals surface area contributed by atoms with Crippen molar-refractivity contribution < 1.29 is 0 Å². The maximum Gasteiger partial charge on any atom is 0.0705 e. The lowest BCUT2D eigenvalue weighted by atomic mass is 10.0. The van der Waals surface area contributed by atoms with E-state index in [1.807, 2.05) is 30.5 Å². The lowest BCUT2D eigenvalue weighted by Crippen LogP contribution is -2.09. The topological polar surface area (TPSA) is 38.9 Å². The highest BCUT2D eigenvalue weighted by Crippen LogP contribution is 2.22. The number of hydrogen-bond donors (Lipinski definition) is 1. The predicted molar refractivity (Wildman–Crippen MR) is 66.2 cm³/mol. The minimum atomic E-state index is 0. The summed E-state index contributed by atoms with van der Waals surface area (Å²) in [7, 11) is 0. The SMILES string of the molecule is CC[C@@H](N)c1ccnc2ccccc12.Cl. The molecule has 0 aliphatic heterocycles. The summed E-state index contributed by atoms with van der Waals surface area (Å²) in [6.45, 7) is 2.10. The van der Waals surface area contributed by atoms with Crippen LogP contribution in [-0.4, -0.2) is 4.98 Å². The lowest BCUT2D eigenvalue weighted by Gasteiger charge is -2.11. The van der Waals surface area contributed by atoms with Crippen LogP contribution in [0.4, 0.5) is 0 Å². The van der Waals surface area contributed by atoms with Gasteiger partial charge in [0.1, 0.15) is 0 Å². The molecule has 0 fully saturated rings. The number of para-hydroxylation sites is 1. The number of hydrogen-bond acceptors (Lipinski definition) is 2. The van der Waals surface area contributed by atoms with E-state index in [2.05, 4.69) is 18.0 Å². The molecule has 1 heterocycles. The van der Waals surface area contributed by atoms with Gasteiger partial charge in [0.05, 0.1) is 5.52 Å². The van der Waals surface area contributed by atoms with Crippen molar-refractivity contribution in [3.05, 3.63) is 42.1 Å². The fourth-order valence-corrected chi connectivity index (χ4v) is 1.66. The Morgan fingerprint density at radius 3 is 2.73 bits per heavy atom. The molecule has 2 rings (SSSR count). The first-order chi connectivity index (χ1) is 6.83. The first kappa shape index (κ1) is 12.0. The van der Waals surface area contributed by atoms with Crippen molar-refractivity contribution in [1.29, 1.82) is 0 Å². The quantitative estimate of drug-likeness (QED) is 0.848. The second-order valence-electron chi connectivity index (χ2n) is 3.43. The number of pyridine rings is 1. The largest absolute Gasteiger partial charge is 0.324 e. The summed E-state index contributed by atoms with van der Waals surface area (Å²) in [6.07, 6.45) is 2.78. The monoisotopic (exact) mass is 222 g/mol. The van der Waals surface area contributed by atoms with E-state index in [-0.39, 0.29) is 18.4 Å². The van der Waals surface area contributed by atoms with E-state index in [1.54, 1.807) is 0 Å². The first-order valence-corrected chi connectivity index (χ1v) is 4.92. The highest BCUT2D eigenvalue weighted by molar-refractivity contribution is 5.85. The molecule has 0 bridgehead atoms. The average molecular weight is 223 g/mol. The molecule has 0 unspecified atom stereocenters. The molecule has 80 valence electrons. The van der Waals surface area contributed by atoms with Crippen molar-refractivity contribution in [3.63, 3.8) is 0 Å². The van der Waals surface area contributed by atoms with Gasteiger partial charge in [-0.05, 0) is 24.1 Å². The third-order valence-corrected chi connectivity index (χ3v) is 2.52. The van der Waals surface area contributed by atoms with E-state index in [4.69, 9.17) is 5.73 Å². The lowest BCUT2D eigenvalue weighted by molar-refractivity contribution is 0.703. The first-order valence-electron chi connectivity index (χ1n) is 4.92. The summed E-state index contributed by atoms with van der Waals surface area (Å²) in [6, 6.07) is 10.2. The van der Waals surface area contributed by atoms with E-state index in [1.165, 1.54) is 10.9 Å². The summed E-state index contributed by atoms with van der Waals surface area (Å²) in [5, 5.41) is 1.17. The number of benzene rings is 1. The minimum Gasteiger partial charge on any atom is -0.324 e. The molecule has 1 aromatic heterocycles. The zero-order valence-corrected chi connectivity index (χ0v) is 9.50. The van der Waals surface area contributed by atoms with Crippen molar-refractivity contribution in [1.82, 2.24) is 4.98 Å². The van der Waals surface area contributed by atoms with Crippen molar-refractivity contribution in [2.45, 2.75) is 19.4 Å². The van der Waals surface area contributed by atoms with Crippen molar-refractivity contribution in [3.8, 4) is 0 Å². The third kappa shape index (κ3) is 2.28. The molecule has 0 aliphatic carbocycles. The number of rotatable bonds is 2. The summed E-state index contributed by atoms with van der Waals surface area (Å²) < 4.78 is 0. The van der Waals surface area contributed by atoms with E-state index in [9.17, 15) is 0 Å². The number of halogens is 1. The fraction of sp³-hybridized carbons (Fsp3) is 0.250. The molecule has 1 aromatic carbocycles. The second kappa shape index (κ2) is 5.10. The van der Waals surface area contributed by atoms with Gasteiger partial charge in [0.25, 0.3) is 0 Å². The van der Waals surface area contributed by atoms with Gasteiger partial charge in [0.2, 0.25) is 0 Å². The van der Waals surface area contributed by atoms with Gasteiger partial charge in [-0.3, -0.25) is 4.98 Å². The van der Waals surface area contributed by atoms with Crippen LogP contribution >= 0.6 is 12.4 Å². The zero-order chi connectivity index (χ0) is 9.97. The van der Waals surface area contributed by atoms with Gasteiger partial charge in [-0.1, -0.05) is 25.1 Å². The van der Waals surface area contributed by atoms with E-state index in [0.29, 0.717) is 0 Å². The van der Waals surface area contributed by atoms with Crippen molar-refractivity contribution >= 4 is 23.3 Å². The van der Waals surface area contributed by atoms with Gasteiger partial charge in [-0.2, -0.15) is 0 Å². The van der Waals surface area contributed by atoms with Crippen LogP contribution < -0.4 is 5.73 Å². The summed E-state index contributed by atoms with van der Waals surface area (Å²) in [4.78, 5) is 4.30. The van der Waals surface area contributed by atoms with Gasteiger partial charge in [-0.25, -0.2) is 0 Å². The van der Waals surface area contributed by atoms with Crippen LogP contribution in [0, 0.1) is 0 Å². The van der Waals surface area contributed by atoms with Crippen molar-refractivity contribution in [2.24, 2.45) is 5.73 Å². The number of fused-ring (bicyclic) bond motifs is 1. The highest BCUT2D eigenvalue weighted by Gasteiger charge is 2.07. The van der Waals surface area contributed by atoms with Gasteiger partial charge < -0.3 is 5.73 Å². The Morgan fingerprint density at radius 2 is 2.00 bits per heavy atom. The Balaban J connectivity index is 0.00000112. The molecule has 0 amide bonds. The van der Waals surface area contributed by atoms with Crippen LogP contribution in [0.25, 0.3) is 10.9 Å². The van der Waals surface area contributed by atoms with Crippen LogP contribution in [0.1, 0.15) is 24.9 Å². The van der Waals surface area contributed by atoms with Gasteiger partial charge in [0, 0.05) is 17.6 Å². The van der Waals surface area contributed by atoms with E-state index < -0.39 is 0 Å². The van der Waals surface area contributed by atoms with Crippen LogP contribution in [0.15, 0.2) is 36.5 Å². The fourth-order valence-electron chi connectivity index (χ4n) is 1.66. The molecule has 0 radical (unpaired) electrons. The Labute approximate surface area is 95.9 Å². The molecule has 2 N–H and O–H groups in total. The number of nitrogens with zero attached hydrogens (tertiary/aromatic N) is 1. The maximum absolute atomic E-state index is 6.03. The Bertz CT molecular complexity index is 437. The molecule has 2 nitrogen and oxygen atoms in total. The summed E-state index contributed by atoms with van der Waals surface area (Å²) in [5.41, 5.74) is 8.25. The molecule has 3 heteroatoms. The van der Waals surface area contributed by atoms with Crippen LogP contribution in [0.5, 0.6) is 0 Å². The van der Waals surface area contributed by atoms with Crippen LogP contribution in [0.3, 0.4) is 0 Å². The normalized spacial score (nSPS) is 12.1. The minimum absolute atomic E-state index is 0. The smallest absolute Gasteiger partial charge is 0.0705 e. The molecule has 15 heavy (non-hydrogen) atoms. The number of nitrogens with two attached hydrogens (primary N) is 1.